The van der Waals surface area contributed by atoms with E-state index in [2.05, 4.69) is 4.74 Å². The number of ether oxygens (including phenoxy) is 1. The molecule has 0 heterocycles. The molecule has 4 N–H and O–H groups in total. The minimum atomic E-state index is -4.46. The van der Waals surface area contributed by atoms with Gasteiger partial charge in [0, 0.05) is 0 Å². The maximum Gasteiger partial charge on any atom is 0.414 e. The van der Waals surface area contributed by atoms with Gasteiger partial charge in [0.15, 0.2) is 6.10 Å². The van der Waals surface area contributed by atoms with E-state index in [0.717, 1.165) is 6.92 Å². The Balaban J connectivity index is 2.54. The Kier molecular flexibility index (Phi) is 3.49. The van der Waals surface area contributed by atoms with E-state index >= 15 is 0 Å². The van der Waals surface area contributed by atoms with E-state index in [1.54, 1.807) is 0 Å². The van der Waals surface area contributed by atoms with Crippen LogP contribution in [0.5, 0.6) is 0 Å². The summed E-state index contributed by atoms with van der Waals surface area (Å²) in [4.78, 5) is 11.1. The van der Waals surface area contributed by atoms with Crippen LogP contribution in [0.1, 0.15) is 19.8 Å². The van der Waals surface area contributed by atoms with Gasteiger partial charge in [0.1, 0.15) is 5.54 Å². The monoisotopic (exact) mass is 240 g/mol. The molecule has 2 atom stereocenters. The lowest BCUT2D eigenvalue weighted by molar-refractivity contribution is -0.218. The van der Waals surface area contributed by atoms with Crippen LogP contribution in [0.3, 0.4) is 0 Å². The summed E-state index contributed by atoms with van der Waals surface area (Å²) in [6.07, 6.45) is -5.01. The number of alkyl halides is 3. The van der Waals surface area contributed by atoms with Gasteiger partial charge in [-0.05, 0) is 25.7 Å². The molecule has 0 aliphatic heterocycles. The van der Waals surface area contributed by atoms with Crippen LogP contribution in [-0.4, -0.2) is 30.3 Å². The number of amides is 1. The van der Waals surface area contributed by atoms with Crippen LogP contribution in [0.4, 0.5) is 13.2 Å². The highest BCUT2D eigenvalue weighted by atomic mass is 19.4. The van der Waals surface area contributed by atoms with Crippen molar-refractivity contribution in [1.29, 1.82) is 0 Å². The Labute approximate surface area is 91.1 Å². The largest absolute Gasteiger partial charge is 0.414 e. The standard InChI is InChI=1S/C9H15F3N2O2/c1-5(9(10,11)12)16-4-8(14,7(13)15)6-2-3-6/h5-6H,2-4,14H2,1H3,(H2,13,15). The summed E-state index contributed by atoms with van der Waals surface area (Å²) in [5, 5.41) is 0. The molecule has 0 radical (unpaired) electrons. The molecule has 0 saturated heterocycles. The first-order valence-electron chi connectivity index (χ1n) is 4.95. The predicted octanol–water partition coefficient (Wildman–Crippen LogP) is 0.547. The third-order valence-electron chi connectivity index (χ3n) is 2.80. The molecule has 1 saturated carbocycles. The summed E-state index contributed by atoms with van der Waals surface area (Å²) in [7, 11) is 0. The molecule has 4 nitrogen and oxygen atoms in total. The van der Waals surface area contributed by atoms with Gasteiger partial charge in [-0.25, -0.2) is 0 Å². The average molecular weight is 240 g/mol. The fourth-order valence-corrected chi connectivity index (χ4v) is 1.35. The SMILES string of the molecule is CC(OCC(N)(C(N)=O)C1CC1)C(F)(F)F. The van der Waals surface area contributed by atoms with E-state index in [-0.39, 0.29) is 5.92 Å². The van der Waals surface area contributed by atoms with Gasteiger partial charge >= 0.3 is 6.18 Å². The minimum absolute atomic E-state index is 0.162. The van der Waals surface area contributed by atoms with Crippen molar-refractivity contribution < 1.29 is 22.7 Å². The van der Waals surface area contributed by atoms with Crippen molar-refractivity contribution in [3.05, 3.63) is 0 Å². The third kappa shape index (κ3) is 2.85. The second kappa shape index (κ2) is 4.21. The van der Waals surface area contributed by atoms with Gasteiger partial charge in [-0.2, -0.15) is 13.2 Å². The number of halogens is 3. The predicted molar refractivity (Wildman–Crippen MR) is 50.3 cm³/mol. The Bertz CT molecular complexity index is 278. The highest BCUT2D eigenvalue weighted by Crippen LogP contribution is 2.38. The first-order chi connectivity index (χ1) is 7.18. The number of carbonyl (C=O) groups is 1. The summed E-state index contributed by atoms with van der Waals surface area (Å²) >= 11 is 0. The molecule has 1 aliphatic rings. The zero-order valence-electron chi connectivity index (χ0n) is 8.88. The topological polar surface area (TPSA) is 78.3 Å². The van der Waals surface area contributed by atoms with E-state index in [1.807, 2.05) is 0 Å². The molecule has 1 rings (SSSR count). The highest BCUT2D eigenvalue weighted by molar-refractivity contribution is 5.85. The molecular formula is C9H15F3N2O2. The number of hydrogen-bond acceptors (Lipinski definition) is 3. The fourth-order valence-electron chi connectivity index (χ4n) is 1.35. The molecule has 2 unspecified atom stereocenters. The third-order valence-corrected chi connectivity index (χ3v) is 2.80. The fraction of sp³-hybridized carbons (Fsp3) is 0.889. The molecule has 1 amide bonds. The van der Waals surface area contributed by atoms with Gasteiger partial charge in [-0.15, -0.1) is 0 Å². The second-order valence-electron chi connectivity index (χ2n) is 4.17. The van der Waals surface area contributed by atoms with Crippen molar-refractivity contribution in [2.24, 2.45) is 17.4 Å². The summed E-state index contributed by atoms with van der Waals surface area (Å²) in [6, 6.07) is 0. The minimum Gasteiger partial charge on any atom is -0.368 e. The number of nitrogens with two attached hydrogens (primary N) is 2. The molecule has 0 bridgehead atoms. The van der Waals surface area contributed by atoms with Gasteiger partial charge in [-0.3, -0.25) is 4.79 Å². The molecule has 1 aliphatic carbocycles. The normalized spacial score (nSPS) is 22.6. The van der Waals surface area contributed by atoms with Crippen LogP contribution in [-0.2, 0) is 9.53 Å². The summed E-state index contributed by atoms with van der Waals surface area (Å²) < 4.78 is 41.1. The smallest absolute Gasteiger partial charge is 0.368 e. The van der Waals surface area contributed by atoms with Gasteiger partial charge < -0.3 is 16.2 Å². The van der Waals surface area contributed by atoms with Crippen molar-refractivity contribution in [1.82, 2.24) is 0 Å². The number of hydrogen-bond donors (Lipinski definition) is 2. The Morgan fingerprint density at radius 2 is 2.00 bits per heavy atom. The second-order valence-corrected chi connectivity index (χ2v) is 4.17. The van der Waals surface area contributed by atoms with Gasteiger partial charge in [0.25, 0.3) is 0 Å². The van der Waals surface area contributed by atoms with Crippen LogP contribution in [0.2, 0.25) is 0 Å². The zero-order chi connectivity index (χ0) is 12.6. The van der Waals surface area contributed by atoms with Crippen LogP contribution >= 0.6 is 0 Å². The van der Waals surface area contributed by atoms with Crippen LogP contribution in [0, 0.1) is 5.92 Å². The van der Waals surface area contributed by atoms with Crippen molar-refractivity contribution in [2.75, 3.05) is 6.61 Å². The van der Waals surface area contributed by atoms with E-state index < -0.39 is 30.3 Å². The van der Waals surface area contributed by atoms with E-state index in [0.29, 0.717) is 12.8 Å². The van der Waals surface area contributed by atoms with E-state index in [1.165, 1.54) is 0 Å². The lowest BCUT2D eigenvalue weighted by Gasteiger charge is -2.27. The average Bonchev–Trinajstić information content (AvgIpc) is 2.94. The van der Waals surface area contributed by atoms with E-state index in [9.17, 15) is 18.0 Å². The molecule has 16 heavy (non-hydrogen) atoms. The summed E-state index contributed by atoms with van der Waals surface area (Å²) in [5.41, 5.74) is 9.28. The molecular weight excluding hydrogens is 225 g/mol. The Hall–Kier alpha value is -0.820. The molecule has 0 aromatic rings. The Morgan fingerprint density at radius 1 is 1.50 bits per heavy atom. The van der Waals surface area contributed by atoms with Gasteiger partial charge in [0.05, 0.1) is 6.61 Å². The summed E-state index contributed by atoms with van der Waals surface area (Å²) in [5.74, 6) is -0.977. The maximum atomic E-state index is 12.2. The summed E-state index contributed by atoms with van der Waals surface area (Å²) in [6.45, 7) is 0.377. The lowest BCUT2D eigenvalue weighted by atomic mass is 9.95. The van der Waals surface area contributed by atoms with Crippen molar-refractivity contribution in [3.63, 3.8) is 0 Å². The molecule has 0 aromatic heterocycles. The van der Waals surface area contributed by atoms with Crippen LogP contribution < -0.4 is 11.5 Å². The molecule has 0 spiro atoms. The first kappa shape index (κ1) is 13.2. The molecule has 7 heteroatoms. The number of primary amides is 1. The van der Waals surface area contributed by atoms with Crippen molar-refractivity contribution in [3.8, 4) is 0 Å². The highest BCUT2D eigenvalue weighted by Gasteiger charge is 2.48. The van der Waals surface area contributed by atoms with Crippen molar-refractivity contribution >= 4 is 5.91 Å². The first-order valence-corrected chi connectivity index (χ1v) is 4.95. The van der Waals surface area contributed by atoms with Gasteiger partial charge in [-0.1, -0.05) is 0 Å². The van der Waals surface area contributed by atoms with Crippen LogP contribution in [0.15, 0.2) is 0 Å². The van der Waals surface area contributed by atoms with Crippen molar-refractivity contribution in [2.45, 2.75) is 37.6 Å². The Morgan fingerprint density at radius 3 is 2.31 bits per heavy atom. The zero-order valence-corrected chi connectivity index (χ0v) is 8.88. The number of rotatable bonds is 5. The van der Waals surface area contributed by atoms with Gasteiger partial charge in [0.2, 0.25) is 5.91 Å². The maximum absolute atomic E-state index is 12.2. The number of carbonyl (C=O) groups excluding carboxylic acids is 1. The van der Waals surface area contributed by atoms with Crippen LogP contribution in [0.25, 0.3) is 0 Å². The molecule has 1 fully saturated rings. The quantitative estimate of drug-likeness (QED) is 0.736. The van der Waals surface area contributed by atoms with E-state index in [4.69, 9.17) is 11.5 Å². The molecule has 0 aromatic carbocycles. The lowest BCUT2D eigenvalue weighted by Crippen LogP contribution is -2.58. The molecule has 94 valence electrons.